The fraction of sp³-hybridized carbons (Fsp3) is 0.522. The molecule has 1 atom stereocenters. The van der Waals surface area contributed by atoms with Crippen LogP contribution in [-0.2, 0) is 0 Å². The summed E-state index contributed by atoms with van der Waals surface area (Å²) in [5, 5.41) is 3.57. The number of likely N-dealkylation sites (tertiary alicyclic amines) is 1. The summed E-state index contributed by atoms with van der Waals surface area (Å²) in [4.78, 5) is 4.27. The zero-order valence-corrected chi connectivity index (χ0v) is 15.7. The monoisotopic (exact) mass is 348 g/mol. The number of quaternary nitrogens is 1. The molecule has 1 spiro atoms. The van der Waals surface area contributed by atoms with Crippen molar-refractivity contribution >= 4 is 5.69 Å². The highest BCUT2D eigenvalue weighted by Crippen LogP contribution is 2.49. The lowest BCUT2D eigenvalue weighted by Gasteiger charge is -2.47. The van der Waals surface area contributed by atoms with Gasteiger partial charge in [-0.25, -0.2) is 0 Å². The van der Waals surface area contributed by atoms with Crippen LogP contribution in [0.3, 0.4) is 0 Å². The second-order valence-corrected chi connectivity index (χ2v) is 8.79. The smallest absolute Gasteiger partial charge is 0.133 e. The maximum atomic E-state index is 4.27. The summed E-state index contributed by atoms with van der Waals surface area (Å²) in [6.07, 6.45) is 12.2. The Bertz CT molecular complexity index is 745. The van der Waals surface area contributed by atoms with Gasteiger partial charge >= 0.3 is 0 Å². The number of rotatable bonds is 3. The van der Waals surface area contributed by atoms with Gasteiger partial charge in [-0.3, -0.25) is 9.47 Å². The molecule has 1 unspecified atom stereocenters. The Hall–Kier alpha value is -1.71. The largest absolute Gasteiger partial charge is 0.317 e. The van der Waals surface area contributed by atoms with Gasteiger partial charge in [0.05, 0.1) is 19.1 Å². The third-order valence-corrected chi connectivity index (χ3v) is 7.47. The van der Waals surface area contributed by atoms with Gasteiger partial charge in [-0.1, -0.05) is 6.07 Å². The SMILES string of the molecule is c1cncc(-c2ccc([N+]3(C4CCC4)CCC4(CCNCC4)C3)cc2)c1. The number of nitrogens with one attached hydrogen (secondary N) is 1. The summed E-state index contributed by atoms with van der Waals surface area (Å²) in [7, 11) is 0. The van der Waals surface area contributed by atoms with Crippen molar-refractivity contribution in [3.05, 3.63) is 48.8 Å². The molecule has 3 nitrogen and oxygen atoms in total. The Morgan fingerprint density at radius 3 is 2.42 bits per heavy atom. The Morgan fingerprint density at radius 1 is 0.962 bits per heavy atom. The second-order valence-electron chi connectivity index (χ2n) is 8.79. The molecule has 5 rings (SSSR count). The number of aromatic nitrogens is 1. The van der Waals surface area contributed by atoms with Crippen molar-refractivity contribution < 1.29 is 0 Å². The van der Waals surface area contributed by atoms with Gasteiger partial charge in [0, 0.05) is 37.1 Å². The molecule has 3 fully saturated rings. The first-order chi connectivity index (χ1) is 12.8. The van der Waals surface area contributed by atoms with Crippen LogP contribution < -0.4 is 9.80 Å². The van der Waals surface area contributed by atoms with Crippen molar-refractivity contribution in [1.82, 2.24) is 14.8 Å². The number of piperidine rings is 1. The van der Waals surface area contributed by atoms with E-state index in [1.807, 2.05) is 18.5 Å². The summed E-state index contributed by atoms with van der Waals surface area (Å²) in [5.74, 6) is 0. The van der Waals surface area contributed by atoms with Crippen LogP contribution in [0.1, 0.15) is 38.5 Å². The van der Waals surface area contributed by atoms with Crippen molar-refractivity contribution in [2.45, 2.75) is 44.6 Å². The fourth-order valence-electron chi connectivity index (χ4n) is 5.67. The highest BCUT2D eigenvalue weighted by molar-refractivity contribution is 5.65. The molecule has 0 radical (unpaired) electrons. The van der Waals surface area contributed by atoms with E-state index in [2.05, 4.69) is 40.6 Å². The molecule has 2 aliphatic heterocycles. The molecule has 1 aliphatic carbocycles. The molecule has 3 aliphatic rings. The highest BCUT2D eigenvalue weighted by Gasteiger charge is 2.54. The van der Waals surface area contributed by atoms with Crippen molar-refractivity contribution in [2.24, 2.45) is 5.41 Å². The minimum absolute atomic E-state index is 0.586. The summed E-state index contributed by atoms with van der Waals surface area (Å²) < 4.78 is 1.26. The van der Waals surface area contributed by atoms with Crippen LogP contribution in [0, 0.1) is 5.41 Å². The average Bonchev–Trinajstić information content (AvgIpc) is 3.01. The summed E-state index contributed by atoms with van der Waals surface area (Å²) in [6, 6.07) is 14.5. The van der Waals surface area contributed by atoms with E-state index in [1.54, 1.807) is 5.69 Å². The van der Waals surface area contributed by atoms with Crippen LogP contribution in [0.15, 0.2) is 48.8 Å². The van der Waals surface area contributed by atoms with Gasteiger partial charge in [-0.15, -0.1) is 0 Å². The first kappa shape index (κ1) is 16.5. The van der Waals surface area contributed by atoms with Crippen LogP contribution in [0.5, 0.6) is 0 Å². The number of hydrogen-bond acceptors (Lipinski definition) is 2. The van der Waals surface area contributed by atoms with Crippen molar-refractivity contribution in [1.29, 1.82) is 0 Å². The standard InChI is InChI=1S/C23H30N3/c1-4-21(5-1)26(16-12-23(18-26)10-14-24-15-11-23)22-8-6-19(7-9-22)20-3-2-13-25-17-20/h2-3,6-9,13,17,21,24H,1,4-5,10-12,14-16,18H2/q+1. The topological polar surface area (TPSA) is 24.9 Å². The molecule has 26 heavy (non-hydrogen) atoms. The quantitative estimate of drug-likeness (QED) is 0.833. The normalized spacial score (nSPS) is 28.2. The molecule has 2 aromatic rings. The van der Waals surface area contributed by atoms with Crippen molar-refractivity contribution in [3.63, 3.8) is 0 Å². The first-order valence-electron chi connectivity index (χ1n) is 10.4. The summed E-state index contributed by atoms with van der Waals surface area (Å²) >= 11 is 0. The molecular formula is C23H30N3+. The second kappa shape index (κ2) is 6.47. The Kier molecular flexibility index (Phi) is 4.10. The van der Waals surface area contributed by atoms with Gasteiger partial charge in [-0.2, -0.15) is 0 Å². The van der Waals surface area contributed by atoms with Gasteiger partial charge in [0.25, 0.3) is 0 Å². The number of nitrogens with zero attached hydrogens (tertiary/aromatic N) is 2. The Balaban J connectivity index is 1.47. The van der Waals surface area contributed by atoms with Crippen LogP contribution >= 0.6 is 0 Å². The predicted octanol–water partition coefficient (Wildman–Crippen LogP) is 4.38. The molecule has 136 valence electrons. The Morgan fingerprint density at radius 2 is 1.77 bits per heavy atom. The molecule has 1 aromatic heterocycles. The minimum Gasteiger partial charge on any atom is -0.317 e. The van der Waals surface area contributed by atoms with E-state index >= 15 is 0 Å². The van der Waals surface area contributed by atoms with E-state index in [0.29, 0.717) is 5.41 Å². The average molecular weight is 349 g/mol. The maximum Gasteiger partial charge on any atom is 0.133 e. The minimum atomic E-state index is 0.586. The van der Waals surface area contributed by atoms with Gasteiger partial charge in [0.1, 0.15) is 5.69 Å². The molecule has 1 aromatic carbocycles. The molecule has 2 saturated heterocycles. The number of benzene rings is 1. The number of hydrogen-bond donors (Lipinski definition) is 1. The lowest BCUT2D eigenvalue weighted by atomic mass is 9.78. The van der Waals surface area contributed by atoms with Gasteiger partial charge in [0.15, 0.2) is 0 Å². The molecule has 0 amide bonds. The zero-order chi connectivity index (χ0) is 17.5. The fourth-order valence-corrected chi connectivity index (χ4v) is 5.67. The molecule has 3 heterocycles. The van der Waals surface area contributed by atoms with E-state index in [-0.39, 0.29) is 0 Å². The van der Waals surface area contributed by atoms with Crippen LogP contribution in [-0.4, -0.2) is 37.2 Å². The van der Waals surface area contributed by atoms with E-state index in [0.717, 1.165) is 6.04 Å². The summed E-state index contributed by atoms with van der Waals surface area (Å²) in [6.45, 7) is 5.14. The van der Waals surface area contributed by atoms with Crippen LogP contribution in [0.2, 0.25) is 0 Å². The van der Waals surface area contributed by atoms with Crippen molar-refractivity contribution in [2.75, 3.05) is 26.2 Å². The molecule has 3 heteroatoms. The molecule has 0 bridgehead atoms. The number of pyridine rings is 1. The molecule has 1 N–H and O–H groups in total. The lowest BCUT2D eigenvalue weighted by Crippen LogP contribution is -2.59. The predicted molar refractivity (Wildman–Crippen MR) is 108 cm³/mol. The first-order valence-corrected chi connectivity index (χ1v) is 10.4. The van der Waals surface area contributed by atoms with Gasteiger partial charge in [-0.05, 0) is 73.8 Å². The Labute approximate surface area is 157 Å². The van der Waals surface area contributed by atoms with E-state index in [9.17, 15) is 0 Å². The molecule has 1 saturated carbocycles. The van der Waals surface area contributed by atoms with E-state index in [1.165, 1.54) is 80.3 Å². The van der Waals surface area contributed by atoms with E-state index < -0.39 is 0 Å². The zero-order valence-electron chi connectivity index (χ0n) is 15.7. The van der Waals surface area contributed by atoms with E-state index in [4.69, 9.17) is 0 Å². The maximum absolute atomic E-state index is 4.27. The molecular weight excluding hydrogens is 318 g/mol. The highest BCUT2D eigenvalue weighted by atomic mass is 15.4. The van der Waals surface area contributed by atoms with Gasteiger partial charge < -0.3 is 5.32 Å². The van der Waals surface area contributed by atoms with Crippen molar-refractivity contribution in [3.8, 4) is 11.1 Å². The summed E-state index contributed by atoms with van der Waals surface area (Å²) in [5.41, 5.74) is 4.63. The third kappa shape index (κ3) is 2.69. The van der Waals surface area contributed by atoms with Crippen LogP contribution in [0.4, 0.5) is 5.69 Å². The van der Waals surface area contributed by atoms with Crippen LogP contribution in [0.25, 0.3) is 11.1 Å². The lowest BCUT2D eigenvalue weighted by molar-refractivity contribution is 0.127. The van der Waals surface area contributed by atoms with Gasteiger partial charge in [0.2, 0.25) is 0 Å². The third-order valence-electron chi connectivity index (χ3n) is 7.47.